The number of hydrogen-bond acceptors (Lipinski definition) is 3. The lowest BCUT2D eigenvalue weighted by Crippen LogP contribution is -2.37. The van der Waals surface area contributed by atoms with Gasteiger partial charge in [-0.1, -0.05) is 13.3 Å². The van der Waals surface area contributed by atoms with Crippen molar-refractivity contribution in [3.8, 4) is 5.75 Å². The molecule has 0 spiro atoms. The average Bonchev–Trinajstić information content (AvgIpc) is 2.46. The van der Waals surface area contributed by atoms with Crippen LogP contribution in [0.2, 0.25) is 0 Å². The van der Waals surface area contributed by atoms with Crippen molar-refractivity contribution >= 4 is 11.7 Å². The Morgan fingerprint density at radius 3 is 2.76 bits per heavy atom. The van der Waals surface area contributed by atoms with Gasteiger partial charge in [0.1, 0.15) is 11.6 Å². The van der Waals surface area contributed by atoms with Crippen LogP contribution >= 0.6 is 0 Å². The van der Waals surface area contributed by atoms with Crippen LogP contribution in [-0.4, -0.2) is 42.3 Å². The van der Waals surface area contributed by atoms with Crippen LogP contribution in [0.3, 0.4) is 0 Å². The SMILES string of the molecule is CCCCN(CCO)C(=O)Nc1ccc(F)cc1OCC. The quantitative estimate of drug-likeness (QED) is 0.776. The molecule has 0 bridgehead atoms. The smallest absolute Gasteiger partial charge is 0.322 e. The van der Waals surface area contributed by atoms with Crippen LogP contribution in [0.1, 0.15) is 26.7 Å². The lowest BCUT2D eigenvalue weighted by Gasteiger charge is -2.22. The van der Waals surface area contributed by atoms with Crippen LogP contribution in [0, 0.1) is 5.82 Å². The van der Waals surface area contributed by atoms with Crippen LogP contribution in [0.4, 0.5) is 14.9 Å². The number of ether oxygens (including phenoxy) is 1. The standard InChI is InChI=1S/C15H23FN2O3/c1-3-5-8-18(9-10-19)15(20)17-13-7-6-12(16)11-14(13)21-4-2/h6-7,11,19H,3-5,8-10H2,1-2H3,(H,17,20). The molecule has 0 aliphatic rings. The number of nitrogens with zero attached hydrogens (tertiary/aromatic N) is 1. The van der Waals surface area contributed by atoms with E-state index >= 15 is 0 Å². The van der Waals surface area contributed by atoms with E-state index in [4.69, 9.17) is 9.84 Å². The summed E-state index contributed by atoms with van der Waals surface area (Å²) in [6.45, 7) is 4.92. The number of nitrogens with one attached hydrogen (secondary N) is 1. The number of hydrogen-bond donors (Lipinski definition) is 2. The first kappa shape index (κ1) is 17.2. The van der Waals surface area contributed by atoms with E-state index in [0.29, 0.717) is 24.6 Å². The van der Waals surface area contributed by atoms with Gasteiger partial charge in [0.15, 0.2) is 0 Å². The number of unbranched alkanes of at least 4 members (excludes halogenated alkanes) is 1. The molecule has 6 heteroatoms. The zero-order valence-corrected chi connectivity index (χ0v) is 12.6. The number of aliphatic hydroxyl groups is 1. The van der Waals surface area contributed by atoms with E-state index in [1.807, 2.05) is 6.92 Å². The van der Waals surface area contributed by atoms with Gasteiger partial charge < -0.3 is 20.1 Å². The highest BCUT2D eigenvalue weighted by Gasteiger charge is 2.15. The van der Waals surface area contributed by atoms with Crippen molar-refractivity contribution in [1.82, 2.24) is 4.90 Å². The Labute approximate surface area is 124 Å². The normalized spacial score (nSPS) is 10.3. The number of amides is 2. The number of carbonyl (C=O) groups is 1. The van der Waals surface area contributed by atoms with Gasteiger partial charge in [0.05, 0.1) is 18.9 Å². The molecule has 0 fully saturated rings. The Balaban J connectivity index is 2.79. The maximum absolute atomic E-state index is 13.2. The van der Waals surface area contributed by atoms with E-state index < -0.39 is 5.82 Å². The molecule has 1 aromatic rings. The molecule has 2 N–H and O–H groups in total. The highest BCUT2D eigenvalue weighted by atomic mass is 19.1. The highest BCUT2D eigenvalue weighted by molar-refractivity contribution is 5.91. The lowest BCUT2D eigenvalue weighted by molar-refractivity contribution is 0.187. The van der Waals surface area contributed by atoms with Gasteiger partial charge in [-0.3, -0.25) is 0 Å². The maximum atomic E-state index is 13.2. The molecule has 0 aromatic heterocycles. The van der Waals surface area contributed by atoms with E-state index in [1.54, 1.807) is 6.92 Å². The molecule has 21 heavy (non-hydrogen) atoms. The summed E-state index contributed by atoms with van der Waals surface area (Å²) in [5.41, 5.74) is 0.419. The molecular weight excluding hydrogens is 275 g/mol. The number of benzene rings is 1. The molecule has 1 rings (SSSR count). The Morgan fingerprint density at radius 2 is 2.14 bits per heavy atom. The second-order valence-electron chi connectivity index (χ2n) is 4.57. The Morgan fingerprint density at radius 1 is 1.38 bits per heavy atom. The van der Waals surface area contributed by atoms with Crippen molar-refractivity contribution in [2.45, 2.75) is 26.7 Å². The number of urea groups is 1. The molecular formula is C15H23FN2O3. The predicted molar refractivity (Wildman–Crippen MR) is 80.2 cm³/mol. The highest BCUT2D eigenvalue weighted by Crippen LogP contribution is 2.25. The van der Waals surface area contributed by atoms with Gasteiger partial charge in [-0.15, -0.1) is 0 Å². The van der Waals surface area contributed by atoms with E-state index in [0.717, 1.165) is 12.8 Å². The minimum absolute atomic E-state index is 0.0983. The zero-order chi connectivity index (χ0) is 15.7. The van der Waals surface area contributed by atoms with E-state index in [9.17, 15) is 9.18 Å². The van der Waals surface area contributed by atoms with Gasteiger partial charge in [0, 0.05) is 19.2 Å². The van der Waals surface area contributed by atoms with Crippen LogP contribution in [0.25, 0.3) is 0 Å². The fraction of sp³-hybridized carbons (Fsp3) is 0.533. The number of carbonyl (C=O) groups excluding carboxylic acids is 1. The third kappa shape index (κ3) is 5.59. The molecule has 0 saturated heterocycles. The summed E-state index contributed by atoms with van der Waals surface area (Å²) < 4.78 is 18.5. The van der Waals surface area contributed by atoms with Crippen molar-refractivity contribution in [3.05, 3.63) is 24.0 Å². The van der Waals surface area contributed by atoms with Gasteiger partial charge in [0.25, 0.3) is 0 Å². The summed E-state index contributed by atoms with van der Waals surface area (Å²) in [7, 11) is 0. The molecule has 0 unspecified atom stereocenters. The van der Waals surface area contributed by atoms with Crippen LogP contribution in [-0.2, 0) is 0 Å². The van der Waals surface area contributed by atoms with Gasteiger partial charge in [-0.05, 0) is 25.5 Å². The molecule has 118 valence electrons. The number of rotatable bonds is 8. The maximum Gasteiger partial charge on any atom is 0.322 e. The zero-order valence-electron chi connectivity index (χ0n) is 12.6. The molecule has 0 saturated carbocycles. The first-order valence-electron chi connectivity index (χ1n) is 7.21. The second-order valence-corrected chi connectivity index (χ2v) is 4.57. The predicted octanol–water partition coefficient (Wildman–Crippen LogP) is 2.85. The van der Waals surface area contributed by atoms with Crippen molar-refractivity contribution < 1.29 is 19.0 Å². The molecule has 2 amide bonds. The Kier molecular flexibility index (Phi) is 7.53. The van der Waals surface area contributed by atoms with E-state index in [2.05, 4.69) is 5.32 Å². The van der Waals surface area contributed by atoms with E-state index in [-0.39, 0.29) is 19.2 Å². The summed E-state index contributed by atoms with van der Waals surface area (Å²) in [5.74, 6) is -0.125. The Hall–Kier alpha value is -1.82. The van der Waals surface area contributed by atoms with E-state index in [1.165, 1.54) is 23.1 Å². The van der Waals surface area contributed by atoms with Crippen LogP contribution < -0.4 is 10.1 Å². The molecule has 0 heterocycles. The minimum Gasteiger partial charge on any atom is -0.492 e. The molecule has 0 aliphatic heterocycles. The summed E-state index contributed by atoms with van der Waals surface area (Å²) in [6, 6.07) is 3.64. The molecule has 0 aliphatic carbocycles. The van der Waals surface area contributed by atoms with Gasteiger partial charge >= 0.3 is 6.03 Å². The summed E-state index contributed by atoms with van der Waals surface area (Å²) in [6.07, 6.45) is 1.81. The summed E-state index contributed by atoms with van der Waals surface area (Å²) >= 11 is 0. The first-order chi connectivity index (χ1) is 10.1. The molecule has 0 atom stereocenters. The van der Waals surface area contributed by atoms with Gasteiger partial charge in [-0.2, -0.15) is 0 Å². The molecule has 5 nitrogen and oxygen atoms in total. The molecule has 1 aromatic carbocycles. The second kappa shape index (κ2) is 9.18. The van der Waals surface area contributed by atoms with Crippen molar-refractivity contribution in [2.75, 3.05) is 31.6 Å². The average molecular weight is 298 g/mol. The van der Waals surface area contributed by atoms with Gasteiger partial charge in [-0.25, -0.2) is 9.18 Å². The number of anilines is 1. The third-order valence-electron chi connectivity index (χ3n) is 2.92. The monoisotopic (exact) mass is 298 g/mol. The largest absolute Gasteiger partial charge is 0.492 e. The van der Waals surface area contributed by atoms with Crippen LogP contribution in [0.15, 0.2) is 18.2 Å². The minimum atomic E-state index is -0.422. The van der Waals surface area contributed by atoms with Crippen molar-refractivity contribution in [1.29, 1.82) is 0 Å². The van der Waals surface area contributed by atoms with Crippen LogP contribution in [0.5, 0.6) is 5.75 Å². The molecule has 0 radical (unpaired) electrons. The van der Waals surface area contributed by atoms with Crippen molar-refractivity contribution in [3.63, 3.8) is 0 Å². The summed E-state index contributed by atoms with van der Waals surface area (Å²) in [4.78, 5) is 13.7. The topological polar surface area (TPSA) is 61.8 Å². The summed E-state index contributed by atoms with van der Waals surface area (Å²) in [5, 5.41) is 11.7. The number of halogens is 1. The first-order valence-corrected chi connectivity index (χ1v) is 7.21. The fourth-order valence-electron chi connectivity index (χ4n) is 1.85. The Bertz CT molecular complexity index is 455. The third-order valence-corrected chi connectivity index (χ3v) is 2.92. The lowest BCUT2D eigenvalue weighted by atomic mass is 10.2. The van der Waals surface area contributed by atoms with Crippen molar-refractivity contribution in [2.24, 2.45) is 0 Å². The van der Waals surface area contributed by atoms with Gasteiger partial charge in [0.2, 0.25) is 0 Å². The number of aliphatic hydroxyl groups excluding tert-OH is 1. The fourth-order valence-corrected chi connectivity index (χ4v) is 1.85.